The summed E-state index contributed by atoms with van der Waals surface area (Å²) < 4.78 is 10.9. The highest BCUT2D eigenvalue weighted by Gasteiger charge is 2.05. The van der Waals surface area contributed by atoms with Crippen molar-refractivity contribution in [2.24, 2.45) is 10.7 Å². The maximum Gasteiger partial charge on any atom is 0.188 e. The molecule has 0 aromatic heterocycles. The van der Waals surface area contributed by atoms with Gasteiger partial charge in [-0.25, -0.2) is 0 Å². The molecule has 3 N–H and O–H groups in total. The van der Waals surface area contributed by atoms with Crippen molar-refractivity contribution in [3.8, 4) is 11.5 Å². The summed E-state index contributed by atoms with van der Waals surface area (Å²) in [6.07, 6.45) is 2.78. The Morgan fingerprint density at radius 1 is 1.04 bits per heavy atom. The second-order valence-electron chi connectivity index (χ2n) is 5.95. The fraction of sp³-hybridized carbons (Fsp3) is 0.381. The highest BCUT2D eigenvalue weighted by atomic mass is 127. The molecule has 2 rings (SSSR count). The Balaban J connectivity index is 0.00000364. The number of benzene rings is 2. The monoisotopic (exact) mass is 483 g/mol. The molecule has 0 radical (unpaired) electrons. The molecule has 2 aromatic carbocycles. The largest absolute Gasteiger partial charge is 0.493 e. The first-order valence-corrected chi connectivity index (χ1v) is 9.10. The van der Waals surface area contributed by atoms with E-state index in [2.05, 4.69) is 28.5 Å². The van der Waals surface area contributed by atoms with Crippen molar-refractivity contribution < 1.29 is 9.47 Å². The predicted molar refractivity (Wildman–Crippen MR) is 123 cm³/mol. The number of hydrogen-bond donors (Lipinski definition) is 2. The third kappa shape index (κ3) is 8.51. The summed E-state index contributed by atoms with van der Waals surface area (Å²) in [6, 6.07) is 16.4. The number of hydrogen-bond acceptors (Lipinski definition) is 3. The van der Waals surface area contributed by atoms with Crippen molar-refractivity contribution >= 4 is 29.9 Å². The Bertz CT molecular complexity index is 693. The lowest BCUT2D eigenvalue weighted by Gasteiger charge is -2.11. The molecular formula is C21H30IN3O2. The number of rotatable bonds is 10. The summed E-state index contributed by atoms with van der Waals surface area (Å²) in [6.45, 7) is 4.07. The first-order chi connectivity index (χ1) is 12.7. The van der Waals surface area contributed by atoms with Gasteiger partial charge in [-0.3, -0.25) is 4.99 Å². The minimum Gasteiger partial charge on any atom is -0.493 e. The average molecular weight is 483 g/mol. The Hall–Kier alpha value is -1.96. The van der Waals surface area contributed by atoms with E-state index in [4.69, 9.17) is 15.2 Å². The summed E-state index contributed by atoms with van der Waals surface area (Å²) in [5, 5.41) is 3.16. The normalized spacial score (nSPS) is 10.8. The van der Waals surface area contributed by atoms with E-state index in [0.717, 1.165) is 37.3 Å². The van der Waals surface area contributed by atoms with E-state index in [1.54, 1.807) is 7.11 Å². The second kappa shape index (κ2) is 13.2. The van der Waals surface area contributed by atoms with Crippen LogP contribution in [0.25, 0.3) is 0 Å². The molecule has 5 nitrogen and oxygen atoms in total. The molecule has 0 saturated heterocycles. The average Bonchev–Trinajstić information content (AvgIpc) is 2.66. The van der Waals surface area contributed by atoms with Gasteiger partial charge >= 0.3 is 0 Å². The van der Waals surface area contributed by atoms with Gasteiger partial charge in [0, 0.05) is 13.1 Å². The molecule has 0 spiro atoms. The second-order valence-corrected chi connectivity index (χ2v) is 5.95. The third-order valence-corrected chi connectivity index (χ3v) is 4.00. The summed E-state index contributed by atoms with van der Waals surface area (Å²) in [5.74, 6) is 2.06. The maximum absolute atomic E-state index is 5.92. The van der Waals surface area contributed by atoms with Crippen molar-refractivity contribution in [1.82, 2.24) is 5.32 Å². The minimum absolute atomic E-state index is 0. The molecule has 0 atom stereocenters. The van der Waals surface area contributed by atoms with Crippen LogP contribution >= 0.6 is 24.0 Å². The van der Waals surface area contributed by atoms with Crippen LogP contribution in [-0.2, 0) is 12.8 Å². The van der Waals surface area contributed by atoms with E-state index in [-0.39, 0.29) is 24.0 Å². The first-order valence-electron chi connectivity index (χ1n) is 9.10. The molecule has 0 bridgehead atoms. The summed E-state index contributed by atoms with van der Waals surface area (Å²) >= 11 is 0. The molecule has 0 heterocycles. The van der Waals surface area contributed by atoms with E-state index in [0.29, 0.717) is 19.1 Å². The van der Waals surface area contributed by atoms with Crippen LogP contribution in [0, 0.1) is 0 Å². The van der Waals surface area contributed by atoms with Crippen molar-refractivity contribution in [2.75, 3.05) is 26.8 Å². The smallest absolute Gasteiger partial charge is 0.188 e. The van der Waals surface area contributed by atoms with Crippen LogP contribution in [0.1, 0.15) is 24.5 Å². The molecule has 0 aliphatic heterocycles. The minimum atomic E-state index is 0. The number of aliphatic imine (C=N–C) groups is 1. The Kier molecular flexibility index (Phi) is 11.3. The van der Waals surface area contributed by atoms with Gasteiger partial charge in [-0.1, -0.05) is 36.4 Å². The molecule has 0 amide bonds. The van der Waals surface area contributed by atoms with E-state index in [1.807, 2.05) is 37.3 Å². The van der Waals surface area contributed by atoms with Crippen LogP contribution in [0.15, 0.2) is 53.5 Å². The highest BCUT2D eigenvalue weighted by molar-refractivity contribution is 14.0. The topological polar surface area (TPSA) is 68.9 Å². The van der Waals surface area contributed by atoms with Crippen LogP contribution in [0.2, 0.25) is 0 Å². The maximum atomic E-state index is 5.92. The molecule has 0 aliphatic carbocycles. The molecule has 6 heteroatoms. The lowest BCUT2D eigenvalue weighted by atomic mass is 10.1. The fourth-order valence-corrected chi connectivity index (χ4v) is 2.66. The van der Waals surface area contributed by atoms with Crippen molar-refractivity contribution in [3.63, 3.8) is 0 Å². The molecule has 148 valence electrons. The summed E-state index contributed by atoms with van der Waals surface area (Å²) in [4.78, 5) is 4.39. The van der Waals surface area contributed by atoms with Gasteiger partial charge < -0.3 is 20.5 Å². The van der Waals surface area contributed by atoms with Gasteiger partial charge in [0.15, 0.2) is 17.5 Å². The Morgan fingerprint density at radius 2 is 1.81 bits per heavy atom. The van der Waals surface area contributed by atoms with Crippen molar-refractivity contribution in [3.05, 3.63) is 59.7 Å². The predicted octanol–water partition coefficient (Wildman–Crippen LogP) is 3.79. The van der Waals surface area contributed by atoms with Gasteiger partial charge in [-0.2, -0.15) is 0 Å². The molecule has 2 aromatic rings. The number of halogens is 1. The van der Waals surface area contributed by atoms with Crippen molar-refractivity contribution in [1.29, 1.82) is 0 Å². The summed E-state index contributed by atoms with van der Waals surface area (Å²) in [5.41, 5.74) is 8.42. The Morgan fingerprint density at radius 3 is 2.52 bits per heavy atom. The quantitative estimate of drug-likeness (QED) is 0.234. The zero-order chi connectivity index (χ0) is 18.6. The van der Waals surface area contributed by atoms with Gasteiger partial charge in [0.1, 0.15) is 0 Å². The van der Waals surface area contributed by atoms with Gasteiger partial charge in [0.2, 0.25) is 0 Å². The van der Waals surface area contributed by atoms with Crippen LogP contribution in [0.4, 0.5) is 0 Å². The van der Waals surface area contributed by atoms with Gasteiger partial charge in [-0.05, 0) is 49.4 Å². The van der Waals surface area contributed by atoms with E-state index in [9.17, 15) is 0 Å². The third-order valence-electron chi connectivity index (χ3n) is 4.00. The van der Waals surface area contributed by atoms with Gasteiger partial charge in [0.05, 0.1) is 13.7 Å². The Labute approximate surface area is 179 Å². The first kappa shape index (κ1) is 23.1. The molecule has 0 unspecified atom stereocenters. The number of ether oxygens (including phenoxy) is 2. The van der Waals surface area contributed by atoms with Crippen molar-refractivity contribution in [2.45, 2.75) is 26.2 Å². The zero-order valence-corrected chi connectivity index (χ0v) is 18.4. The molecule has 0 aliphatic rings. The number of nitrogens with zero attached hydrogens (tertiary/aromatic N) is 1. The molecular weight excluding hydrogens is 453 g/mol. The highest BCUT2D eigenvalue weighted by Crippen LogP contribution is 2.28. The number of methoxy groups -OCH3 is 1. The van der Waals surface area contributed by atoms with E-state index < -0.39 is 0 Å². The van der Waals surface area contributed by atoms with E-state index >= 15 is 0 Å². The number of aryl methyl sites for hydroxylation is 1. The summed E-state index contributed by atoms with van der Waals surface area (Å²) in [7, 11) is 1.65. The lowest BCUT2D eigenvalue weighted by Crippen LogP contribution is -2.33. The van der Waals surface area contributed by atoms with Crippen LogP contribution in [0.5, 0.6) is 11.5 Å². The van der Waals surface area contributed by atoms with E-state index in [1.165, 1.54) is 11.1 Å². The molecule has 27 heavy (non-hydrogen) atoms. The molecule has 0 saturated carbocycles. The van der Waals surface area contributed by atoms with Gasteiger partial charge in [0.25, 0.3) is 0 Å². The number of nitrogens with two attached hydrogens (primary N) is 1. The van der Waals surface area contributed by atoms with Crippen LogP contribution < -0.4 is 20.5 Å². The number of nitrogens with one attached hydrogen (secondary N) is 1. The SMILES string of the molecule is CCOc1cc(CCCN=C(N)NCCc2ccccc2)ccc1OC.I. The lowest BCUT2D eigenvalue weighted by molar-refractivity contribution is 0.310. The zero-order valence-electron chi connectivity index (χ0n) is 16.1. The number of guanidine groups is 1. The van der Waals surface area contributed by atoms with Crippen LogP contribution in [0.3, 0.4) is 0 Å². The van der Waals surface area contributed by atoms with Crippen LogP contribution in [-0.4, -0.2) is 32.8 Å². The molecule has 0 fully saturated rings. The fourth-order valence-electron chi connectivity index (χ4n) is 2.66. The van der Waals surface area contributed by atoms with Gasteiger partial charge in [-0.15, -0.1) is 24.0 Å². The standard InChI is InChI=1S/C21H29N3O2.HI/c1-3-26-20-16-18(11-12-19(20)25-2)10-7-14-23-21(22)24-15-13-17-8-5-4-6-9-17;/h4-6,8-9,11-12,16H,3,7,10,13-15H2,1-2H3,(H3,22,23,24);1H.